The third kappa shape index (κ3) is 8.26. The van der Waals surface area contributed by atoms with Gasteiger partial charge in [0.15, 0.2) is 6.29 Å². The molecule has 0 aliphatic heterocycles. The second kappa shape index (κ2) is 10.0. The largest absolute Gasteiger partial charge is 0.353 e. The molecule has 0 aromatic carbocycles. The SMILES string of the molecule is CCCCOC(CC)OCCCC. The molecule has 0 atom stereocenters. The lowest BCUT2D eigenvalue weighted by atomic mass is 10.3. The minimum atomic E-state index is 0.0260. The fourth-order valence-electron chi connectivity index (χ4n) is 1.00. The van der Waals surface area contributed by atoms with E-state index in [9.17, 15) is 0 Å². The number of ether oxygens (including phenoxy) is 2. The second-order valence-electron chi connectivity index (χ2n) is 3.29. The van der Waals surface area contributed by atoms with Crippen molar-refractivity contribution < 1.29 is 9.47 Å². The first kappa shape index (κ1) is 12.9. The number of hydrogen-bond acceptors (Lipinski definition) is 2. The van der Waals surface area contributed by atoms with Gasteiger partial charge in [0, 0.05) is 13.2 Å². The molecule has 0 aliphatic carbocycles. The Bertz CT molecular complexity index is 84.1. The smallest absolute Gasteiger partial charge is 0.157 e. The first-order chi connectivity index (χ1) is 6.35. The molecule has 0 bridgehead atoms. The van der Waals surface area contributed by atoms with E-state index in [0.29, 0.717) is 0 Å². The standard InChI is InChI=1S/C11H24O2/c1-4-7-9-12-11(6-3)13-10-8-5-2/h11H,4-10H2,1-3H3. The molecular weight excluding hydrogens is 164 g/mol. The molecule has 0 spiro atoms. The monoisotopic (exact) mass is 188 g/mol. The fourth-order valence-corrected chi connectivity index (χ4v) is 1.00. The highest BCUT2D eigenvalue weighted by Crippen LogP contribution is 2.03. The molecule has 0 amide bonds. The van der Waals surface area contributed by atoms with Gasteiger partial charge in [0.25, 0.3) is 0 Å². The molecular formula is C11H24O2. The molecule has 0 radical (unpaired) electrons. The molecule has 0 N–H and O–H groups in total. The Hall–Kier alpha value is -0.0800. The van der Waals surface area contributed by atoms with Crippen LogP contribution < -0.4 is 0 Å². The van der Waals surface area contributed by atoms with Crippen LogP contribution in [0.15, 0.2) is 0 Å². The molecule has 0 heterocycles. The van der Waals surface area contributed by atoms with Gasteiger partial charge in [0.05, 0.1) is 0 Å². The van der Waals surface area contributed by atoms with E-state index in [1.807, 2.05) is 0 Å². The van der Waals surface area contributed by atoms with Gasteiger partial charge in [-0.3, -0.25) is 0 Å². The molecule has 0 saturated heterocycles. The van der Waals surface area contributed by atoms with Crippen LogP contribution in [0.1, 0.15) is 52.9 Å². The Morgan fingerprint density at radius 3 is 1.62 bits per heavy atom. The normalized spacial score (nSPS) is 11.1. The van der Waals surface area contributed by atoms with E-state index in [1.54, 1.807) is 0 Å². The van der Waals surface area contributed by atoms with E-state index in [1.165, 1.54) is 12.8 Å². The Balaban J connectivity index is 3.28. The third-order valence-corrected chi connectivity index (χ3v) is 1.94. The summed E-state index contributed by atoms with van der Waals surface area (Å²) in [6.07, 6.45) is 5.61. The lowest BCUT2D eigenvalue weighted by molar-refractivity contribution is -0.144. The number of rotatable bonds is 9. The first-order valence-corrected chi connectivity index (χ1v) is 5.58. The maximum Gasteiger partial charge on any atom is 0.157 e. The van der Waals surface area contributed by atoms with Crippen LogP contribution in [-0.2, 0) is 9.47 Å². The van der Waals surface area contributed by atoms with Crippen molar-refractivity contribution in [2.75, 3.05) is 13.2 Å². The molecule has 0 rings (SSSR count). The Morgan fingerprint density at radius 2 is 1.31 bits per heavy atom. The highest BCUT2D eigenvalue weighted by molar-refractivity contribution is 4.42. The topological polar surface area (TPSA) is 18.5 Å². The van der Waals surface area contributed by atoms with E-state index in [0.717, 1.165) is 32.5 Å². The van der Waals surface area contributed by atoms with Crippen molar-refractivity contribution in [3.63, 3.8) is 0 Å². The van der Waals surface area contributed by atoms with Gasteiger partial charge in [-0.05, 0) is 19.3 Å². The molecule has 0 saturated carbocycles. The Kier molecular flexibility index (Phi) is 9.94. The van der Waals surface area contributed by atoms with Crippen molar-refractivity contribution in [2.24, 2.45) is 0 Å². The zero-order chi connectivity index (χ0) is 9.94. The quantitative estimate of drug-likeness (QED) is 0.408. The minimum Gasteiger partial charge on any atom is -0.353 e. The zero-order valence-corrected chi connectivity index (χ0v) is 9.34. The van der Waals surface area contributed by atoms with Crippen LogP contribution in [0.4, 0.5) is 0 Å². The van der Waals surface area contributed by atoms with Gasteiger partial charge in [0.2, 0.25) is 0 Å². The summed E-state index contributed by atoms with van der Waals surface area (Å²) in [5.41, 5.74) is 0. The summed E-state index contributed by atoms with van der Waals surface area (Å²) >= 11 is 0. The number of unbranched alkanes of at least 4 members (excludes halogenated alkanes) is 2. The maximum absolute atomic E-state index is 5.56. The molecule has 0 aromatic heterocycles. The van der Waals surface area contributed by atoms with Gasteiger partial charge in [-0.25, -0.2) is 0 Å². The van der Waals surface area contributed by atoms with Crippen molar-refractivity contribution in [1.29, 1.82) is 0 Å². The van der Waals surface area contributed by atoms with E-state index < -0.39 is 0 Å². The predicted molar refractivity (Wildman–Crippen MR) is 55.8 cm³/mol. The van der Waals surface area contributed by atoms with Gasteiger partial charge in [-0.2, -0.15) is 0 Å². The van der Waals surface area contributed by atoms with Crippen molar-refractivity contribution in [3.05, 3.63) is 0 Å². The first-order valence-electron chi connectivity index (χ1n) is 5.58. The van der Waals surface area contributed by atoms with Gasteiger partial charge >= 0.3 is 0 Å². The van der Waals surface area contributed by atoms with Crippen LogP contribution in [0.3, 0.4) is 0 Å². The van der Waals surface area contributed by atoms with Crippen molar-refractivity contribution >= 4 is 0 Å². The maximum atomic E-state index is 5.56. The Labute approximate surface area is 82.6 Å². The fraction of sp³-hybridized carbons (Fsp3) is 1.00. The van der Waals surface area contributed by atoms with Gasteiger partial charge in [-0.1, -0.05) is 33.6 Å². The molecule has 13 heavy (non-hydrogen) atoms. The van der Waals surface area contributed by atoms with Crippen LogP contribution >= 0.6 is 0 Å². The summed E-state index contributed by atoms with van der Waals surface area (Å²) in [7, 11) is 0. The van der Waals surface area contributed by atoms with E-state index in [4.69, 9.17) is 9.47 Å². The van der Waals surface area contributed by atoms with Crippen LogP contribution in [0.5, 0.6) is 0 Å². The number of hydrogen-bond donors (Lipinski definition) is 0. The van der Waals surface area contributed by atoms with Crippen LogP contribution in [0.25, 0.3) is 0 Å². The molecule has 0 aliphatic rings. The summed E-state index contributed by atoms with van der Waals surface area (Å²) in [5, 5.41) is 0. The second-order valence-corrected chi connectivity index (χ2v) is 3.29. The van der Waals surface area contributed by atoms with E-state index in [-0.39, 0.29) is 6.29 Å². The van der Waals surface area contributed by atoms with Gasteiger partial charge in [0.1, 0.15) is 0 Å². The van der Waals surface area contributed by atoms with Gasteiger partial charge in [-0.15, -0.1) is 0 Å². The highest BCUT2D eigenvalue weighted by Gasteiger charge is 2.04. The Morgan fingerprint density at radius 1 is 0.846 bits per heavy atom. The van der Waals surface area contributed by atoms with Crippen LogP contribution in [0, 0.1) is 0 Å². The van der Waals surface area contributed by atoms with Gasteiger partial charge < -0.3 is 9.47 Å². The summed E-state index contributed by atoms with van der Waals surface area (Å²) in [6.45, 7) is 8.11. The summed E-state index contributed by atoms with van der Waals surface area (Å²) in [5.74, 6) is 0. The summed E-state index contributed by atoms with van der Waals surface area (Å²) in [6, 6.07) is 0. The third-order valence-electron chi connectivity index (χ3n) is 1.94. The molecule has 0 aromatic rings. The molecule has 2 heteroatoms. The lowest BCUT2D eigenvalue weighted by Crippen LogP contribution is -2.17. The predicted octanol–water partition coefficient (Wildman–Crippen LogP) is 3.36. The van der Waals surface area contributed by atoms with Crippen molar-refractivity contribution in [2.45, 2.75) is 59.2 Å². The van der Waals surface area contributed by atoms with Crippen molar-refractivity contribution in [3.8, 4) is 0 Å². The molecule has 2 nitrogen and oxygen atoms in total. The minimum absolute atomic E-state index is 0.0260. The van der Waals surface area contributed by atoms with Crippen LogP contribution in [0.2, 0.25) is 0 Å². The average molecular weight is 188 g/mol. The average Bonchev–Trinajstić information content (AvgIpc) is 2.16. The van der Waals surface area contributed by atoms with E-state index in [2.05, 4.69) is 20.8 Å². The molecule has 0 fully saturated rings. The molecule has 80 valence electrons. The molecule has 0 unspecified atom stereocenters. The highest BCUT2D eigenvalue weighted by atomic mass is 16.7. The summed E-state index contributed by atoms with van der Waals surface area (Å²) < 4.78 is 11.1. The zero-order valence-electron chi connectivity index (χ0n) is 9.34. The van der Waals surface area contributed by atoms with Crippen molar-refractivity contribution in [1.82, 2.24) is 0 Å². The summed E-state index contributed by atoms with van der Waals surface area (Å²) in [4.78, 5) is 0. The lowest BCUT2D eigenvalue weighted by Gasteiger charge is -2.16. The van der Waals surface area contributed by atoms with E-state index >= 15 is 0 Å². The van der Waals surface area contributed by atoms with Crippen LogP contribution in [-0.4, -0.2) is 19.5 Å².